The van der Waals surface area contributed by atoms with Gasteiger partial charge in [0.05, 0.1) is 17.0 Å². The molecule has 5 nitrogen and oxygen atoms in total. The fraction of sp³-hybridized carbons (Fsp3) is 0.857. The number of hydrogen-bond donors (Lipinski definition) is 0. The molecule has 2 aliphatic rings. The molecular formula is C7H8F3NO4S. The van der Waals surface area contributed by atoms with Crippen molar-refractivity contribution < 1.29 is 31.2 Å². The second-order valence-corrected chi connectivity index (χ2v) is 6.05. The van der Waals surface area contributed by atoms with Crippen LogP contribution < -0.4 is 0 Å². The van der Waals surface area contributed by atoms with Gasteiger partial charge in [0.25, 0.3) is 0 Å². The van der Waals surface area contributed by atoms with Crippen LogP contribution in [-0.4, -0.2) is 49.2 Å². The second kappa shape index (κ2) is 3.10. The molecule has 2 rings (SSSR count). The Balaban J connectivity index is 1.97. The zero-order chi connectivity index (χ0) is 12.2. The molecule has 0 N–H and O–H groups in total. The van der Waals surface area contributed by atoms with Crippen LogP contribution in [0.3, 0.4) is 0 Å². The minimum Gasteiger partial charge on any atom is -0.360 e. The molecule has 0 unspecified atom stereocenters. The zero-order valence-corrected chi connectivity index (χ0v) is 8.77. The first-order valence-electron chi connectivity index (χ1n) is 4.42. The lowest BCUT2D eigenvalue weighted by molar-refractivity contribution is -0.282. The summed E-state index contributed by atoms with van der Waals surface area (Å²) in [5.74, 6) is -2.80. The molecule has 0 aromatic carbocycles. The van der Waals surface area contributed by atoms with E-state index in [1.165, 1.54) is 0 Å². The van der Waals surface area contributed by atoms with Crippen molar-refractivity contribution in [3.05, 3.63) is 0 Å². The number of hydroxylamine groups is 2. The van der Waals surface area contributed by atoms with E-state index in [4.69, 9.17) is 0 Å². The molecule has 0 aromatic rings. The highest BCUT2D eigenvalue weighted by Crippen LogP contribution is 2.41. The quantitative estimate of drug-likeness (QED) is 0.657. The topological polar surface area (TPSA) is 63.7 Å². The van der Waals surface area contributed by atoms with Gasteiger partial charge < -0.3 is 4.84 Å². The van der Waals surface area contributed by atoms with Crippen LogP contribution >= 0.6 is 0 Å². The largest absolute Gasteiger partial charge is 0.492 e. The van der Waals surface area contributed by atoms with Gasteiger partial charge in [0, 0.05) is 6.54 Å². The highest BCUT2D eigenvalue weighted by molar-refractivity contribution is 7.93. The predicted octanol–water partition coefficient (Wildman–Crippen LogP) is -0.120. The van der Waals surface area contributed by atoms with E-state index in [1.807, 2.05) is 0 Å². The molecule has 0 aromatic heterocycles. The van der Waals surface area contributed by atoms with Crippen LogP contribution in [0.4, 0.5) is 13.2 Å². The lowest BCUT2D eigenvalue weighted by atomic mass is 9.90. The standard InChI is InChI=1S/C7H8F3NO4S/c8-7(9,10)5(12)15-11-2-1-6(11)3-16(13,14)4-6/h1-4H2. The van der Waals surface area contributed by atoms with Crippen LogP contribution in [-0.2, 0) is 19.5 Å². The minimum atomic E-state index is -5.06. The summed E-state index contributed by atoms with van der Waals surface area (Å²) in [5, 5.41) is 0.823. The van der Waals surface area contributed by atoms with Gasteiger partial charge in [-0.25, -0.2) is 13.2 Å². The van der Waals surface area contributed by atoms with E-state index in [1.54, 1.807) is 0 Å². The van der Waals surface area contributed by atoms with Gasteiger partial charge in [-0.2, -0.15) is 13.2 Å². The molecule has 0 saturated carbocycles. The van der Waals surface area contributed by atoms with Crippen molar-refractivity contribution in [3.8, 4) is 0 Å². The van der Waals surface area contributed by atoms with E-state index in [0.717, 1.165) is 5.06 Å². The first kappa shape index (κ1) is 11.6. The van der Waals surface area contributed by atoms with Gasteiger partial charge in [-0.15, -0.1) is 5.06 Å². The number of carbonyl (C=O) groups is 1. The summed E-state index contributed by atoms with van der Waals surface area (Å²) in [7, 11) is -3.17. The van der Waals surface area contributed by atoms with Crippen molar-refractivity contribution in [1.82, 2.24) is 5.06 Å². The van der Waals surface area contributed by atoms with Gasteiger partial charge >= 0.3 is 12.1 Å². The Kier molecular flexibility index (Phi) is 2.26. The van der Waals surface area contributed by atoms with E-state index < -0.39 is 27.5 Å². The smallest absolute Gasteiger partial charge is 0.360 e. The Morgan fingerprint density at radius 1 is 1.31 bits per heavy atom. The molecule has 1 spiro atoms. The fourth-order valence-electron chi connectivity index (χ4n) is 1.88. The number of hydrogen-bond acceptors (Lipinski definition) is 5. The summed E-state index contributed by atoms with van der Waals surface area (Å²) >= 11 is 0. The summed E-state index contributed by atoms with van der Waals surface area (Å²) in [6.45, 7) is 0.136. The average Bonchev–Trinajstić information content (AvgIpc) is 2.05. The summed E-state index contributed by atoms with van der Waals surface area (Å²) in [6, 6.07) is 0. The number of sulfone groups is 1. The molecule has 0 radical (unpaired) electrons. The number of alkyl halides is 3. The van der Waals surface area contributed by atoms with E-state index in [-0.39, 0.29) is 18.1 Å². The first-order chi connectivity index (χ1) is 7.15. The third kappa shape index (κ3) is 1.77. The molecule has 0 bridgehead atoms. The maximum Gasteiger partial charge on any atom is 0.492 e. The van der Waals surface area contributed by atoms with Crippen LogP contribution in [0, 0.1) is 0 Å². The van der Waals surface area contributed by atoms with Crippen molar-refractivity contribution in [3.63, 3.8) is 0 Å². The average molecular weight is 259 g/mol. The highest BCUT2D eigenvalue weighted by atomic mass is 32.2. The Labute approximate surface area is 89.0 Å². The van der Waals surface area contributed by atoms with Crippen LogP contribution in [0.1, 0.15) is 6.42 Å². The Bertz CT molecular complexity index is 417. The number of rotatable bonds is 1. The van der Waals surface area contributed by atoms with Crippen LogP contribution in [0.25, 0.3) is 0 Å². The normalized spacial score (nSPS) is 26.9. The molecule has 16 heavy (non-hydrogen) atoms. The Morgan fingerprint density at radius 3 is 2.19 bits per heavy atom. The lowest BCUT2D eigenvalue weighted by Crippen LogP contribution is -2.73. The molecule has 0 amide bonds. The summed E-state index contributed by atoms with van der Waals surface area (Å²) in [4.78, 5) is 14.6. The van der Waals surface area contributed by atoms with Gasteiger partial charge in [-0.3, -0.25) is 0 Å². The van der Waals surface area contributed by atoms with Crippen molar-refractivity contribution in [1.29, 1.82) is 0 Å². The number of halogens is 3. The molecule has 2 saturated heterocycles. The van der Waals surface area contributed by atoms with Gasteiger partial charge in [0.15, 0.2) is 9.84 Å². The molecule has 0 aliphatic carbocycles. The second-order valence-electron chi connectivity index (χ2n) is 3.99. The molecule has 92 valence electrons. The molecule has 2 fully saturated rings. The molecular weight excluding hydrogens is 251 g/mol. The number of nitrogens with zero attached hydrogens (tertiary/aromatic N) is 1. The fourth-order valence-corrected chi connectivity index (χ4v) is 4.01. The van der Waals surface area contributed by atoms with Gasteiger partial charge in [-0.1, -0.05) is 0 Å². The van der Waals surface area contributed by atoms with Crippen molar-refractivity contribution in [2.24, 2.45) is 0 Å². The SMILES string of the molecule is O=C(ON1CCC12CS(=O)(=O)C2)C(F)(F)F. The zero-order valence-electron chi connectivity index (χ0n) is 7.95. The Hall–Kier alpha value is -0.830. The molecule has 2 heterocycles. The van der Waals surface area contributed by atoms with Gasteiger partial charge in [-0.05, 0) is 6.42 Å². The first-order valence-corrected chi connectivity index (χ1v) is 6.24. The van der Waals surface area contributed by atoms with Crippen molar-refractivity contribution in [2.45, 2.75) is 18.1 Å². The van der Waals surface area contributed by atoms with Gasteiger partial charge in [0.1, 0.15) is 0 Å². The van der Waals surface area contributed by atoms with Gasteiger partial charge in [0.2, 0.25) is 0 Å². The maximum absolute atomic E-state index is 11.9. The summed E-state index contributed by atoms with van der Waals surface area (Å²) < 4.78 is 57.5. The van der Waals surface area contributed by atoms with E-state index in [0.29, 0.717) is 6.42 Å². The predicted molar refractivity (Wildman–Crippen MR) is 44.9 cm³/mol. The summed E-state index contributed by atoms with van der Waals surface area (Å²) in [5.41, 5.74) is -0.903. The van der Waals surface area contributed by atoms with Crippen molar-refractivity contribution in [2.75, 3.05) is 18.1 Å². The monoisotopic (exact) mass is 259 g/mol. The highest BCUT2D eigenvalue weighted by Gasteiger charge is 2.61. The lowest BCUT2D eigenvalue weighted by Gasteiger charge is -2.54. The van der Waals surface area contributed by atoms with E-state index in [9.17, 15) is 26.4 Å². The maximum atomic E-state index is 11.9. The summed E-state index contributed by atoms with van der Waals surface area (Å²) in [6.07, 6.45) is -4.63. The molecule has 0 atom stereocenters. The Morgan fingerprint density at radius 2 is 1.88 bits per heavy atom. The van der Waals surface area contributed by atoms with Crippen LogP contribution in [0.2, 0.25) is 0 Å². The molecule has 2 aliphatic heterocycles. The third-order valence-corrected chi connectivity index (χ3v) is 4.67. The molecule has 9 heteroatoms. The van der Waals surface area contributed by atoms with Crippen LogP contribution in [0.5, 0.6) is 0 Å². The van der Waals surface area contributed by atoms with E-state index >= 15 is 0 Å². The van der Waals surface area contributed by atoms with Crippen LogP contribution in [0.15, 0.2) is 0 Å². The van der Waals surface area contributed by atoms with E-state index in [2.05, 4.69) is 4.84 Å². The number of carbonyl (C=O) groups excluding carboxylic acids is 1. The van der Waals surface area contributed by atoms with Crippen molar-refractivity contribution >= 4 is 15.8 Å². The third-order valence-electron chi connectivity index (χ3n) is 2.71. The minimum absolute atomic E-state index is 0.136.